The van der Waals surface area contributed by atoms with E-state index in [0.717, 1.165) is 16.8 Å². The zero-order valence-corrected chi connectivity index (χ0v) is 8.51. The zero-order valence-electron chi connectivity index (χ0n) is 8.51. The Hall–Kier alpha value is -2.36. The van der Waals surface area contributed by atoms with Crippen LogP contribution in [0.4, 0.5) is 5.69 Å². The molecule has 2 aromatic heterocycles. The Morgan fingerprint density at radius 3 is 2.94 bits per heavy atom. The number of aromatic nitrogens is 3. The van der Waals surface area contributed by atoms with Crippen LogP contribution in [0.5, 0.6) is 0 Å². The lowest BCUT2D eigenvalue weighted by atomic mass is 10.1. The molecule has 0 aliphatic heterocycles. The predicted octanol–water partition coefficient (Wildman–Crippen LogP) is 2.21. The Morgan fingerprint density at radius 2 is 2.06 bits per heavy atom. The lowest BCUT2D eigenvalue weighted by molar-refractivity contribution is 1.04. The maximum Gasteiger partial charge on any atom is 0.116 e. The van der Waals surface area contributed by atoms with Crippen molar-refractivity contribution in [1.82, 2.24) is 15.2 Å². The van der Waals surface area contributed by atoms with Crippen molar-refractivity contribution in [2.75, 3.05) is 5.73 Å². The van der Waals surface area contributed by atoms with Crippen LogP contribution in [0.1, 0.15) is 0 Å². The number of fused-ring (bicyclic) bond motifs is 1. The van der Waals surface area contributed by atoms with E-state index >= 15 is 0 Å². The van der Waals surface area contributed by atoms with Gasteiger partial charge in [-0.05, 0) is 23.6 Å². The first-order valence-corrected chi connectivity index (χ1v) is 4.99. The minimum atomic E-state index is 0.640. The summed E-state index contributed by atoms with van der Waals surface area (Å²) < 4.78 is 0. The molecule has 0 amide bonds. The summed E-state index contributed by atoms with van der Waals surface area (Å²) in [5, 5.41) is 9.07. The average Bonchev–Trinajstić information content (AvgIpc) is 2.76. The number of aromatic amines is 1. The Bertz CT molecular complexity index is 642. The second kappa shape index (κ2) is 3.34. The van der Waals surface area contributed by atoms with E-state index in [1.165, 1.54) is 5.39 Å². The number of benzene rings is 1. The third-order valence-electron chi connectivity index (χ3n) is 2.58. The van der Waals surface area contributed by atoms with Crippen LogP contribution in [0.15, 0.2) is 42.7 Å². The van der Waals surface area contributed by atoms with Crippen molar-refractivity contribution in [2.45, 2.75) is 0 Å². The minimum absolute atomic E-state index is 0.640. The molecule has 0 saturated carbocycles. The van der Waals surface area contributed by atoms with Gasteiger partial charge in [-0.15, -0.1) is 5.10 Å². The quantitative estimate of drug-likeness (QED) is 0.647. The Labute approximate surface area is 92.1 Å². The largest absolute Gasteiger partial charge is 0.397 e. The molecule has 3 N–H and O–H groups in total. The molecule has 4 nitrogen and oxygen atoms in total. The number of anilines is 1. The second-order valence-corrected chi connectivity index (χ2v) is 3.61. The molecular weight excluding hydrogens is 200 g/mol. The molecule has 0 atom stereocenters. The van der Waals surface area contributed by atoms with Gasteiger partial charge in [0.05, 0.1) is 11.9 Å². The van der Waals surface area contributed by atoms with E-state index in [1.807, 2.05) is 30.5 Å². The molecule has 3 rings (SSSR count). The van der Waals surface area contributed by atoms with Gasteiger partial charge in [0.1, 0.15) is 5.69 Å². The first-order valence-electron chi connectivity index (χ1n) is 4.99. The van der Waals surface area contributed by atoms with Crippen molar-refractivity contribution in [3.8, 4) is 11.3 Å². The summed E-state index contributed by atoms with van der Waals surface area (Å²) in [6, 6.07) is 9.84. The van der Waals surface area contributed by atoms with Gasteiger partial charge in [-0.3, -0.25) is 0 Å². The average molecular weight is 210 g/mol. The maximum absolute atomic E-state index is 5.86. The molecule has 0 radical (unpaired) electrons. The zero-order chi connectivity index (χ0) is 11.0. The maximum atomic E-state index is 5.86. The van der Waals surface area contributed by atoms with Crippen molar-refractivity contribution >= 4 is 16.6 Å². The lowest BCUT2D eigenvalue weighted by Crippen LogP contribution is -1.94. The molecule has 0 saturated heterocycles. The summed E-state index contributed by atoms with van der Waals surface area (Å²) in [5.74, 6) is 0. The van der Waals surface area contributed by atoms with E-state index in [4.69, 9.17) is 5.73 Å². The molecule has 0 unspecified atom stereocenters. The van der Waals surface area contributed by atoms with E-state index in [2.05, 4.69) is 15.2 Å². The number of H-pyrrole nitrogens is 1. The predicted molar refractivity (Wildman–Crippen MR) is 63.7 cm³/mol. The van der Waals surface area contributed by atoms with E-state index in [9.17, 15) is 0 Å². The summed E-state index contributed by atoms with van der Waals surface area (Å²) >= 11 is 0. The topological polar surface area (TPSA) is 67.6 Å². The highest BCUT2D eigenvalue weighted by molar-refractivity contribution is 5.86. The molecule has 0 aliphatic carbocycles. The SMILES string of the molecule is Nc1ccnnc1-c1ccc2cc[nH]c2c1. The molecule has 16 heavy (non-hydrogen) atoms. The Morgan fingerprint density at radius 1 is 1.12 bits per heavy atom. The number of nitrogens with one attached hydrogen (secondary N) is 1. The van der Waals surface area contributed by atoms with Crippen LogP contribution in [0.2, 0.25) is 0 Å². The molecule has 4 heteroatoms. The number of hydrogen-bond donors (Lipinski definition) is 2. The number of nitrogens with zero attached hydrogens (tertiary/aromatic N) is 2. The van der Waals surface area contributed by atoms with Gasteiger partial charge in [-0.2, -0.15) is 5.10 Å². The van der Waals surface area contributed by atoms with Crippen LogP contribution in [-0.4, -0.2) is 15.2 Å². The summed E-state index contributed by atoms with van der Waals surface area (Å²) in [6.07, 6.45) is 3.50. The fourth-order valence-corrected chi connectivity index (χ4v) is 1.76. The van der Waals surface area contributed by atoms with Gasteiger partial charge in [0.2, 0.25) is 0 Å². The standard InChI is InChI=1S/C12H10N4/c13-10-4-6-15-16-12(10)9-2-1-8-3-5-14-11(8)7-9/h1-7,14H,(H2,13,15). The van der Waals surface area contributed by atoms with E-state index in [1.54, 1.807) is 12.3 Å². The van der Waals surface area contributed by atoms with Crippen molar-refractivity contribution in [3.05, 3.63) is 42.7 Å². The highest BCUT2D eigenvalue weighted by Gasteiger charge is 2.05. The minimum Gasteiger partial charge on any atom is -0.397 e. The highest BCUT2D eigenvalue weighted by Crippen LogP contribution is 2.25. The van der Waals surface area contributed by atoms with Gasteiger partial charge in [0, 0.05) is 17.3 Å². The number of nitrogens with two attached hydrogens (primary N) is 1. The smallest absolute Gasteiger partial charge is 0.116 e. The third-order valence-corrected chi connectivity index (χ3v) is 2.58. The number of hydrogen-bond acceptors (Lipinski definition) is 3. The van der Waals surface area contributed by atoms with Crippen molar-refractivity contribution in [2.24, 2.45) is 0 Å². The van der Waals surface area contributed by atoms with Crippen LogP contribution in [-0.2, 0) is 0 Å². The third kappa shape index (κ3) is 1.32. The molecule has 0 bridgehead atoms. The molecule has 78 valence electrons. The fraction of sp³-hybridized carbons (Fsp3) is 0. The second-order valence-electron chi connectivity index (χ2n) is 3.61. The normalized spacial score (nSPS) is 10.8. The monoisotopic (exact) mass is 210 g/mol. The fourth-order valence-electron chi connectivity index (χ4n) is 1.76. The Balaban J connectivity index is 2.22. The van der Waals surface area contributed by atoms with Gasteiger partial charge < -0.3 is 10.7 Å². The summed E-state index contributed by atoms with van der Waals surface area (Å²) in [6.45, 7) is 0. The van der Waals surface area contributed by atoms with E-state index < -0.39 is 0 Å². The van der Waals surface area contributed by atoms with Gasteiger partial charge in [-0.25, -0.2) is 0 Å². The van der Waals surface area contributed by atoms with Gasteiger partial charge in [0.15, 0.2) is 0 Å². The molecular formula is C12H10N4. The van der Waals surface area contributed by atoms with Crippen molar-refractivity contribution in [1.29, 1.82) is 0 Å². The number of rotatable bonds is 1. The summed E-state index contributed by atoms with van der Waals surface area (Å²) in [5.41, 5.74) is 9.26. The van der Waals surface area contributed by atoms with Gasteiger partial charge in [0.25, 0.3) is 0 Å². The molecule has 0 spiro atoms. The van der Waals surface area contributed by atoms with Crippen molar-refractivity contribution < 1.29 is 0 Å². The lowest BCUT2D eigenvalue weighted by Gasteiger charge is -2.03. The molecule has 3 aromatic rings. The molecule has 2 heterocycles. The van der Waals surface area contributed by atoms with Gasteiger partial charge >= 0.3 is 0 Å². The van der Waals surface area contributed by atoms with E-state index in [0.29, 0.717) is 5.69 Å². The van der Waals surface area contributed by atoms with Crippen LogP contribution >= 0.6 is 0 Å². The summed E-state index contributed by atoms with van der Waals surface area (Å²) in [4.78, 5) is 3.16. The summed E-state index contributed by atoms with van der Waals surface area (Å²) in [7, 11) is 0. The molecule has 0 fully saturated rings. The Kier molecular flexibility index (Phi) is 1.86. The van der Waals surface area contributed by atoms with E-state index in [-0.39, 0.29) is 0 Å². The van der Waals surface area contributed by atoms with Crippen molar-refractivity contribution in [3.63, 3.8) is 0 Å². The highest BCUT2D eigenvalue weighted by atomic mass is 15.1. The first kappa shape index (κ1) is 8.91. The number of nitrogen functional groups attached to an aromatic ring is 1. The molecule has 0 aliphatic rings. The van der Waals surface area contributed by atoms with Crippen LogP contribution < -0.4 is 5.73 Å². The first-order chi connectivity index (χ1) is 7.84. The van der Waals surface area contributed by atoms with Crippen LogP contribution in [0, 0.1) is 0 Å². The molecule has 1 aromatic carbocycles. The van der Waals surface area contributed by atoms with Gasteiger partial charge in [-0.1, -0.05) is 12.1 Å². The van der Waals surface area contributed by atoms with Crippen LogP contribution in [0.3, 0.4) is 0 Å². The van der Waals surface area contributed by atoms with Crippen LogP contribution in [0.25, 0.3) is 22.2 Å².